The third-order valence-electron chi connectivity index (χ3n) is 3.18. The van der Waals surface area contributed by atoms with E-state index < -0.39 is 5.97 Å². The van der Waals surface area contributed by atoms with E-state index in [0.29, 0.717) is 12.2 Å². The van der Waals surface area contributed by atoms with Crippen molar-refractivity contribution in [3.8, 4) is 0 Å². The highest BCUT2D eigenvalue weighted by Gasteiger charge is 2.54. The minimum Gasteiger partial charge on any atom is -0.478 e. The standard InChI is InChI=1S/C12H11NO4/c14-10(15)8-2-1-3-9(6-8)13-7-12(4-5-12)17-11(13)16/h1-3,6H,4-5,7H2,(H,14,15). The minimum atomic E-state index is -0.999. The molecule has 1 N–H and O–H groups in total. The Kier molecular flexibility index (Phi) is 1.92. The molecule has 1 spiro atoms. The van der Waals surface area contributed by atoms with Crippen LogP contribution in [0, 0.1) is 0 Å². The van der Waals surface area contributed by atoms with E-state index in [0.717, 1.165) is 12.8 Å². The van der Waals surface area contributed by atoms with Crippen LogP contribution in [0.15, 0.2) is 24.3 Å². The molecule has 2 aliphatic rings. The maximum atomic E-state index is 11.7. The molecule has 2 fully saturated rings. The number of rotatable bonds is 2. The predicted octanol–water partition coefficient (Wildman–Crippen LogP) is 1.87. The van der Waals surface area contributed by atoms with Crippen molar-refractivity contribution in [2.24, 2.45) is 0 Å². The van der Waals surface area contributed by atoms with Gasteiger partial charge in [0.15, 0.2) is 0 Å². The summed E-state index contributed by atoms with van der Waals surface area (Å²) >= 11 is 0. The van der Waals surface area contributed by atoms with Crippen molar-refractivity contribution in [1.82, 2.24) is 0 Å². The zero-order chi connectivity index (χ0) is 12.0. The highest BCUT2D eigenvalue weighted by Crippen LogP contribution is 2.45. The summed E-state index contributed by atoms with van der Waals surface area (Å²) in [5.41, 5.74) is 0.460. The van der Waals surface area contributed by atoms with Gasteiger partial charge in [0.2, 0.25) is 0 Å². The summed E-state index contributed by atoms with van der Waals surface area (Å²) in [7, 11) is 0. The predicted molar refractivity (Wildman–Crippen MR) is 59.2 cm³/mol. The van der Waals surface area contributed by atoms with E-state index in [2.05, 4.69) is 0 Å². The minimum absolute atomic E-state index is 0.173. The molecule has 17 heavy (non-hydrogen) atoms. The van der Waals surface area contributed by atoms with Gasteiger partial charge in [0.1, 0.15) is 5.60 Å². The topological polar surface area (TPSA) is 66.8 Å². The summed E-state index contributed by atoms with van der Waals surface area (Å²) in [6.45, 7) is 0.523. The smallest absolute Gasteiger partial charge is 0.415 e. The van der Waals surface area contributed by atoms with E-state index in [1.54, 1.807) is 12.1 Å². The van der Waals surface area contributed by atoms with E-state index >= 15 is 0 Å². The van der Waals surface area contributed by atoms with Crippen LogP contribution >= 0.6 is 0 Å². The number of hydrogen-bond donors (Lipinski definition) is 1. The monoisotopic (exact) mass is 233 g/mol. The normalized spacial score (nSPS) is 20.5. The molecular weight excluding hydrogens is 222 g/mol. The first-order chi connectivity index (χ1) is 8.10. The summed E-state index contributed by atoms with van der Waals surface area (Å²) < 4.78 is 5.27. The van der Waals surface area contributed by atoms with Crippen LogP contribution in [0.4, 0.5) is 10.5 Å². The molecule has 1 aromatic rings. The molecule has 1 saturated heterocycles. The van der Waals surface area contributed by atoms with Crippen LogP contribution in [0.1, 0.15) is 23.2 Å². The molecule has 1 aromatic carbocycles. The molecule has 88 valence electrons. The first-order valence-electron chi connectivity index (χ1n) is 5.44. The lowest BCUT2D eigenvalue weighted by molar-refractivity contribution is 0.0696. The number of amides is 1. The highest BCUT2D eigenvalue weighted by atomic mass is 16.6. The van der Waals surface area contributed by atoms with Gasteiger partial charge in [-0.15, -0.1) is 0 Å². The van der Waals surface area contributed by atoms with Gasteiger partial charge >= 0.3 is 12.1 Å². The molecule has 5 heteroatoms. The molecule has 3 rings (SSSR count). The van der Waals surface area contributed by atoms with Crippen LogP contribution in [0.5, 0.6) is 0 Å². The lowest BCUT2D eigenvalue weighted by atomic mass is 10.2. The van der Waals surface area contributed by atoms with Crippen LogP contribution in [-0.2, 0) is 4.74 Å². The lowest BCUT2D eigenvalue weighted by Gasteiger charge is -2.13. The summed E-state index contributed by atoms with van der Waals surface area (Å²) in [6, 6.07) is 6.34. The van der Waals surface area contributed by atoms with E-state index in [-0.39, 0.29) is 17.3 Å². The molecule has 0 aromatic heterocycles. The van der Waals surface area contributed by atoms with Crippen molar-refractivity contribution in [3.05, 3.63) is 29.8 Å². The van der Waals surface area contributed by atoms with Crippen LogP contribution < -0.4 is 4.90 Å². The Balaban J connectivity index is 1.91. The number of nitrogens with zero attached hydrogens (tertiary/aromatic N) is 1. The summed E-state index contributed by atoms with van der Waals surface area (Å²) in [5, 5.41) is 8.90. The summed E-state index contributed by atoms with van der Waals surface area (Å²) in [4.78, 5) is 24.0. The van der Waals surface area contributed by atoms with Gasteiger partial charge in [-0.05, 0) is 31.0 Å². The fourth-order valence-corrected chi connectivity index (χ4v) is 2.03. The van der Waals surface area contributed by atoms with Gasteiger partial charge in [-0.1, -0.05) is 6.07 Å². The number of carbonyl (C=O) groups is 2. The molecule has 1 amide bonds. The highest BCUT2D eigenvalue weighted by molar-refractivity contribution is 5.94. The average Bonchev–Trinajstić information content (AvgIpc) is 2.96. The Hall–Kier alpha value is -2.04. The fourth-order valence-electron chi connectivity index (χ4n) is 2.03. The Morgan fingerprint density at radius 2 is 2.18 bits per heavy atom. The number of carboxylic acid groups (broad SMARTS) is 1. The maximum absolute atomic E-state index is 11.7. The Morgan fingerprint density at radius 3 is 2.76 bits per heavy atom. The van der Waals surface area contributed by atoms with Crippen molar-refractivity contribution in [1.29, 1.82) is 0 Å². The third-order valence-corrected chi connectivity index (χ3v) is 3.18. The molecular formula is C12H11NO4. The van der Waals surface area contributed by atoms with E-state index in [9.17, 15) is 9.59 Å². The number of ether oxygens (including phenoxy) is 1. The quantitative estimate of drug-likeness (QED) is 0.846. The molecule has 1 saturated carbocycles. The number of anilines is 1. The van der Waals surface area contributed by atoms with Crippen molar-refractivity contribution < 1.29 is 19.4 Å². The molecule has 0 unspecified atom stereocenters. The lowest BCUT2D eigenvalue weighted by Crippen LogP contribution is -2.25. The van der Waals surface area contributed by atoms with E-state index in [4.69, 9.17) is 9.84 Å². The molecule has 5 nitrogen and oxygen atoms in total. The second-order valence-electron chi connectivity index (χ2n) is 4.49. The number of carboxylic acids is 1. The first kappa shape index (κ1) is 10.1. The molecule has 0 bridgehead atoms. The van der Waals surface area contributed by atoms with Crippen molar-refractivity contribution >= 4 is 17.7 Å². The van der Waals surface area contributed by atoms with Crippen LogP contribution in [0.25, 0.3) is 0 Å². The second kappa shape index (κ2) is 3.23. The third kappa shape index (κ3) is 1.63. The molecule has 0 radical (unpaired) electrons. The van der Waals surface area contributed by atoms with Crippen LogP contribution in [0.3, 0.4) is 0 Å². The maximum Gasteiger partial charge on any atom is 0.415 e. The molecule has 1 heterocycles. The average molecular weight is 233 g/mol. The zero-order valence-corrected chi connectivity index (χ0v) is 9.05. The van der Waals surface area contributed by atoms with Gasteiger partial charge in [0, 0.05) is 5.69 Å². The number of aromatic carboxylic acids is 1. The number of carbonyl (C=O) groups excluding carboxylic acids is 1. The Bertz CT molecular complexity index is 507. The van der Waals surface area contributed by atoms with Crippen molar-refractivity contribution in [3.63, 3.8) is 0 Å². The van der Waals surface area contributed by atoms with E-state index in [1.165, 1.54) is 17.0 Å². The largest absolute Gasteiger partial charge is 0.478 e. The zero-order valence-electron chi connectivity index (χ0n) is 9.05. The second-order valence-corrected chi connectivity index (χ2v) is 4.49. The fraction of sp³-hybridized carbons (Fsp3) is 0.333. The van der Waals surface area contributed by atoms with Gasteiger partial charge < -0.3 is 9.84 Å². The Morgan fingerprint density at radius 1 is 1.41 bits per heavy atom. The van der Waals surface area contributed by atoms with Gasteiger partial charge in [0.25, 0.3) is 0 Å². The summed E-state index contributed by atoms with van der Waals surface area (Å²) in [6.07, 6.45) is 1.41. The van der Waals surface area contributed by atoms with Crippen molar-refractivity contribution in [2.75, 3.05) is 11.4 Å². The molecule has 0 atom stereocenters. The van der Waals surface area contributed by atoms with Crippen LogP contribution in [0.2, 0.25) is 0 Å². The van der Waals surface area contributed by atoms with Gasteiger partial charge in [-0.2, -0.15) is 0 Å². The first-order valence-corrected chi connectivity index (χ1v) is 5.44. The molecule has 1 aliphatic heterocycles. The van der Waals surface area contributed by atoms with Gasteiger partial charge in [-0.3, -0.25) is 4.90 Å². The SMILES string of the molecule is O=C(O)c1cccc(N2CC3(CC3)OC2=O)c1. The van der Waals surface area contributed by atoms with Crippen LogP contribution in [-0.4, -0.2) is 29.3 Å². The number of hydrogen-bond acceptors (Lipinski definition) is 3. The number of benzene rings is 1. The summed E-state index contributed by atoms with van der Waals surface area (Å²) in [5.74, 6) is -0.999. The van der Waals surface area contributed by atoms with Gasteiger partial charge in [0.05, 0.1) is 12.1 Å². The molecule has 1 aliphatic carbocycles. The van der Waals surface area contributed by atoms with E-state index in [1.807, 2.05) is 0 Å². The van der Waals surface area contributed by atoms with Gasteiger partial charge in [-0.25, -0.2) is 9.59 Å². The Labute approximate surface area is 97.6 Å². The van der Waals surface area contributed by atoms with Crippen molar-refractivity contribution in [2.45, 2.75) is 18.4 Å².